The topological polar surface area (TPSA) is 64.4 Å². The summed E-state index contributed by atoms with van der Waals surface area (Å²) in [4.78, 5) is 0. The quantitative estimate of drug-likeness (QED) is 0.682. The zero-order chi connectivity index (χ0) is 12.1. The highest BCUT2D eigenvalue weighted by atomic mass is 32.2. The van der Waals surface area contributed by atoms with Crippen molar-refractivity contribution in [3.63, 3.8) is 0 Å². The maximum atomic E-state index is 12.0. The maximum absolute atomic E-state index is 12.0. The second kappa shape index (κ2) is 6.05. The van der Waals surface area contributed by atoms with Crippen LogP contribution in [0.25, 0.3) is 0 Å². The van der Waals surface area contributed by atoms with Crippen LogP contribution in [0.15, 0.2) is 0 Å². The first-order chi connectivity index (χ1) is 6.91. The van der Waals surface area contributed by atoms with E-state index in [1.165, 1.54) is 15.7 Å². The summed E-state index contributed by atoms with van der Waals surface area (Å²) in [5, 5.41) is 8.52. The van der Waals surface area contributed by atoms with Gasteiger partial charge >= 0.3 is 0 Å². The van der Waals surface area contributed by atoms with Gasteiger partial charge in [-0.2, -0.15) is 22.3 Å². The number of hydrogen-bond donors (Lipinski definition) is 0. The smallest absolute Gasteiger partial charge is 0.198 e. The van der Waals surface area contributed by atoms with Crippen molar-refractivity contribution in [1.82, 2.24) is 8.61 Å². The summed E-state index contributed by atoms with van der Waals surface area (Å²) in [5.41, 5.74) is 0. The molecule has 1 unspecified atom stereocenters. The Morgan fingerprint density at radius 1 is 1.33 bits per heavy atom. The van der Waals surface area contributed by atoms with Gasteiger partial charge in [0.15, 0.2) is 0 Å². The Hall–Kier alpha value is -0.640. The monoisotopic (exact) mass is 233 g/mol. The van der Waals surface area contributed by atoms with Gasteiger partial charge in [0.05, 0.1) is 12.5 Å². The van der Waals surface area contributed by atoms with Crippen molar-refractivity contribution in [1.29, 1.82) is 5.26 Å². The van der Waals surface area contributed by atoms with E-state index in [2.05, 4.69) is 0 Å². The van der Waals surface area contributed by atoms with Crippen LogP contribution in [-0.2, 0) is 10.2 Å². The molecular formula is C9H19N3O2S. The van der Waals surface area contributed by atoms with Gasteiger partial charge in [-0.15, -0.1) is 0 Å². The van der Waals surface area contributed by atoms with Gasteiger partial charge in [0.25, 0.3) is 10.2 Å². The standard InChI is InChI=1S/C9H19N3O2S/c1-5-12(6-2)15(13,14)11(4)9(3)7-8-10/h9H,5-7H2,1-4H3. The highest BCUT2D eigenvalue weighted by Gasteiger charge is 2.27. The summed E-state index contributed by atoms with van der Waals surface area (Å²) >= 11 is 0. The molecule has 0 bridgehead atoms. The summed E-state index contributed by atoms with van der Waals surface area (Å²) in [6, 6.07) is 1.68. The first kappa shape index (κ1) is 14.4. The molecule has 0 N–H and O–H groups in total. The van der Waals surface area contributed by atoms with Crippen LogP contribution in [0.5, 0.6) is 0 Å². The number of hydrogen-bond acceptors (Lipinski definition) is 3. The molecule has 0 fully saturated rings. The van der Waals surface area contributed by atoms with Gasteiger partial charge < -0.3 is 0 Å². The number of nitrogens with zero attached hydrogens (tertiary/aromatic N) is 3. The van der Waals surface area contributed by atoms with E-state index in [-0.39, 0.29) is 12.5 Å². The Morgan fingerprint density at radius 3 is 2.13 bits per heavy atom. The molecule has 0 aliphatic rings. The maximum Gasteiger partial charge on any atom is 0.281 e. The van der Waals surface area contributed by atoms with Crippen LogP contribution in [0, 0.1) is 11.3 Å². The zero-order valence-corrected chi connectivity index (χ0v) is 10.6. The Bertz CT molecular complexity index is 317. The van der Waals surface area contributed by atoms with E-state index in [0.29, 0.717) is 13.1 Å². The molecule has 15 heavy (non-hydrogen) atoms. The van der Waals surface area contributed by atoms with Crippen LogP contribution in [0.4, 0.5) is 0 Å². The van der Waals surface area contributed by atoms with Crippen molar-refractivity contribution in [3.8, 4) is 6.07 Å². The minimum Gasteiger partial charge on any atom is -0.198 e. The van der Waals surface area contributed by atoms with Crippen LogP contribution >= 0.6 is 0 Å². The lowest BCUT2D eigenvalue weighted by molar-refractivity contribution is 0.338. The van der Waals surface area contributed by atoms with Crippen molar-refractivity contribution in [3.05, 3.63) is 0 Å². The number of nitriles is 1. The van der Waals surface area contributed by atoms with E-state index < -0.39 is 10.2 Å². The third-order valence-corrected chi connectivity index (χ3v) is 4.66. The number of rotatable bonds is 6. The summed E-state index contributed by atoms with van der Waals surface area (Å²) < 4.78 is 26.5. The fraction of sp³-hybridized carbons (Fsp3) is 0.889. The molecule has 0 amide bonds. The van der Waals surface area contributed by atoms with Crippen molar-refractivity contribution in [2.24, 2.45) is 0 Å². The fourth-order valence-corrected chi connectivity index (χ4v) is 2.77. The second-order valence-electron chi connectivity index (χ2n) is 3.32. The molecular weight excluding hydrogens is 214 g/mol. The van der Waals surface area contributed by atoms with Crippen molar-refractivity contribution >= 4 is 10.2 Å². The minimum atomic E-state index is -3.41. The molecule has 1 atom stereocenters. The van der Waals surface area contributed by atoms with E-state index in [1.54, 1.807) is 20.8 Å². The third-order valence-electron chi connectivity index (χ3n) is 2.40. The van der Waals surface area contributed by atoms with Gasteiger partial charge in [-0.05, 0) is 6.92 Å². The lowest BCUT2D eigenvalue weighted by Gasteiger charge is -2.28. The molecule has 0 aliphatic carbocycles. The Morgan fingerprint density at radius 2 is 1.80 bits per heavy atom. The highest BCUT2D eigenvalue weighted by Crippen LogP contribution is 2.11. The molecule has 0 aliphatic heterocycles. The van der Waals surface area contributed by atoms with Crippen LogP contribution in [-0.4, -0.2) is 43.2 Å². The summed E-state index contributed by atoms with van der Waals surface area (Å²) in [7, 11) is -1.90. The first-order valence-corrected chi connectivity index (χ1v) is 6.41. The lowest BCUT2D eigenvalue weighted by Crippen LogP contribution is -2.45. The lowest BCUT2D eigenvalue weighted by atomic mass is 10.3. The molecule has 88 valence electrons. The summed E-state index contributed by atoms with van der Waals surface area (Å²) in [5.74, 6) is 0. The molecule has 0 saturated carbocycles. The Balaban J connectivity index is 4.80. The Kier molecular flexibility index (Phi) is 5.80. The van der Waals surface area contributed by atoms with Gasteiger partial charge in [0.2, 0.25) is 0 Å². The SMILES string of the molecule is CCN(CC)S(=O)(=O)N(C)C(C)CC#N. The van der Waals surface area contributed by atoms with Crippen molar-refractivity contribution in [2.75, 3.05) is 20.1 Å². The van der Waals surface area contributed by atoms with Gasteiger partial charge in [-0.25, -0.2) is 0 Å². The molecule has 6 heteroatoms. The molecule has 5 nitrogen and oxygen atoms in total. The van der Waals surface area contributed by atoms with Crippen molar-refractivity contribution < 1.29 is 8.42 Å². The molecule has 0 radical (unpaired) electrons. The van der Waals surface area contributed by atoms with E-state index in [1.807, 2.05) is 6.07 Å². The molecule has 0 saturated heterocycles. The third kappa shape index (κ3) is 3.45. The second-order valence-corrected chi connectivity index (χ2v) is 5.31. The molecule has 0 heterocycles. The van der Waals surface area contributed by atoms with E-state index in [0.717, 1.165) is 0 Å². The zero-order valence-electron chi connectivity index (χ0n) is 9.77. The van der Waals surface area contributed by atoms with Gasteiger partial charge in [-0.3, -0.25) is 0 Å². The summed E-state index contributed by atoms with van der Waals surface area (Å²) in [6.45, 7) is 6.21. The van der Waals surface area contributed by atoms with Crippen LogP contribution < -0.4 is 0 Å². The van der Waals surface area contributed by atoms with Gasteiger partial charge in [0.1, 0.15) is 0 Å². The van der Waals surface area contributed by atoms with Gasteiger partial charge in [-0.1, -0.05) is 13.8 Å². The van der Waals surface area contributed by atoms with Crippen LogP contribution in [0.1, 0.15) is 27.2 Å². The van der Waals surface area contributed by atoms with E-state index in [4.69, 9.17) is 5.26 Å². The molecule has 0 spiro atoms. The fourth-order valence-electron chi connectivity index (χ4n) is 1.22. The molecule has 0 aromatic rings. The predicted molar refractivity (Wildman–Crippen MR) is 59.3 cm³/mol. The summed E-state index contributed by atoms with van der Waals surface area (Å²) in [6.07, 6.45) is 0.205. The van der Waals surface area contributed by atoms with E-state index in [9.17, 15) is 8.42 Å². The highest BCUT2D eigenvalue weighted by molar-refractivity contribution is 7.86. The molecule has 0 aromatic heterocycles. The van der Waals surface area contributed by atoms with Crippen LogP contribution in [0.2, 0.25) is 0 Å². The normalized spacial score (nSPS) is 14.2. The average molecular weight is 233 g/mol. The molecule has 0 rings (SSSR count). The minimum absolute atomic E-state index is 0.205. The Labute approximate surface area is 92.5 Å². The molecule has 0 aromatic carbocycles. The predicted octanol–water partition coefficient (Wildman–Crippen LogP) is 0.807. The van der Waals surface area contributed by atoms with Crippen LogP contribution in [0.3, 0.4) is 0 Å². The largest absolute Gasteiger partial charge is 0.281 e. The average Bonchev–Trinajstić information content (AvgIpc) is 2.18. The van der Waals surface area contributed by atoms with Crippen molar-refractivity contribution in [2.45, 2.75) is 33.2 Å². The first-order valence-electron chi connectivity index (χ1n) is 5.01. The van der Waals surface area contributed by atoms with Gasteiger partial charge in [0, 0.05) is 26.2 Å². The van der Waals surface area contributed by atoms with E-state index >= 15 is 0 Å².